The highest BCUT2D eigenvalue weighted by Gasteiger charge is 2.13. The van der Waals surface area contributed by atoms with Crippen molar-refractivity contribution >= 4 is 5.69 Å². The zero-order valence-corrected chi connectivity index (χ0v) is 11.7. The normalized spacial score (nSPS) is 12.4. The van der Waals surface area contributed by atoms with Crippen LogP contribution >= 0.6 is 0 Å². The third-order valence-electron chi connectivity index (χ3n) is 3.27. The van der Waals surface area contributed by atoms with Crippen molar-refractivity contribution in [2.75, 3.05) is 11.9 Å². The van der Waals surface area contributed by atoms with Gasteiger partial charge in [0, 0.05) is 43.7 Å². The van der Waals surface area contributed by atoms with Crippen molar-refractivity contribution in [2.45, 2.75) is 26.0 Å². The van der Waals surface area contributed by atoms with Gasteiger partial charge in [-0.2, -0.15) is 5.10 Å². The van der Waals surface area contributed by atoms with Crippen molar-refractivity contribution in [2.24, 2.45) is 7.05 Å². The first-order valence-corrected chi connectivity index (χ1v) is 6.57. The molecule has 0 unspecified atom stereocenters. The summed E-state index contributed by atoms with van der Waals surface area (Å²) in [5.74, 6) is 0. The lowest BCUT2D eigenvalue weighted by atomic mass is 10.0. The fourth-order valence-electron chi connectivity index (χ4n) is 2.25. The summed E-state index contributed by atoms with van der Waals surface area (Å²) in [7, 11) is 3.95. The fourth-order valence-corrected chi connectivity index (χ4v) is 2.25. The summed E-state index contributed by atoms with van der Waals surface area (Å²) in [6.07, 6.45) is 4.19. The van der Waals surface area contributed by atoms with E-state index in [1.54, 1.807) is 4.68 Å². The molecule has 102 valence electrons. The molecule has 1 aromatic heterocycles. The molecule has 0 fully saturated rings. The number of aliphatic hydroxyl groups is 1. The van der Waals surface area contributed by atoms with E-state index in [1.807, 2.05) is 57.7 Å². The molecule has 0 saturated heterocycles. The maximum atomic E-state index is 10.1. The molecule has 1 heterocycles. The molecule has 0 bridgehead atoms. The van der Waals surface area contributed by atoms with Crippen LogP contribution in [-0.4, -0.2) is 21.9 Å². The van der Waals surface area contributed by atoms with E-state index in [4.69, 9.17) is 0 Å². The molecule has 0 radical (unpaired) electrons. The van der Waals surface area contributed by atoms with Crippen LogP contribution in [0.2, 0.25) is 0 Å². The molecule has 4 heteroatoms. The molecule has 1 aromatic carbocycles. The van der Waals surface area contributed by atoms with E-state index in [1.165, 1.54) is 0 Å². The van der Waals surface area contributed by atoms with Crippen LogP contribution < -0.4 is 4.90 Å². The Balaban J connectivity index is 2.21. The predicted molar refractivity (Wildman–Crippen MR) is 77.0 cm³/mol. The lowest BCUT2D eigenvalue weighted by Gasteiger charge is -2.23. The average Bonchev–Trinajstić information content (AvgIpc) is 2.83. The van der Waals surface area contributed by atoms with Crippen molar-refractivity contribution in [1.29, 1.82) is 0 Å². The highest BCUT2D eigenvalue weighted by molar-refractivity contribution is 5.54. The molecule has 2 rings (SSSR count). The van der Waals surface area contributed by atoms with Crippen LogP contribution in [-0.2, 0) is 13.6 Å². The highest BCUT2D eigenvalue weighted by atomic mass is 16.3. The Morgan fingerprint density at radius 2 is 2.11 bits per heavy atom. The zero-order chi connectivity index (χ0) is 13.8. The van der Waals surface area contributed by atoms with Crippen LogP contribution in [0.15, 0.2) is 36.7 Å². The van der Waals surface area contributed by atoms with E-state index in [0.29, 0.717) is 0 Å². The fraction of sp³-hybridized carbons (Fsp3) is 0.400. The Kier molecular flexibility index (Phi) is 4.22. The minimum absolute atomic E-state index is 0.410. The number of para-hydroxylation sites is 1. The molecule has 0 amide bonds. The topological polar surface area (TPSA) is 41.3 Å². The van der Waals surface area contributed by atoms with Crippen molar-refractivity contribution in [3.8, 4) is 0 Å². The van der Waals surface area contributed by atoms with E-state index < -0.39 is 6.10 Å². The Labute approximate surface area is 114 Å². The molecule has 0 spiro atoms. The Bertz CT molecular complexity index is 536. The minimum Gasteiger partial charge on any atom is -0.388 e. The molecule has 1 N–H and O–H groups in total. The molecule has 2 aromatic rings. The molecular formula is C15H21N3O. The van der Waals surface area contributed by atoms with Gasteiger partial charge in [-0.3, -0.25) is 4.68 Å². The zero-order valence-electron chi connectivity index (χ0n) is 11.7. The largest absolute Gasteiger partial charge is 0.388 e. The van der Waals surface area contributed by atoms with Gasteiger partial charge < -0.3 is 10.0 Å². The van der Waals surface area contributed by atoms with E-state index in [9.17, 15) is 5.11 Å². The van der Waals surface area contributed by atoms with E-state index in [0.717, 1.165) is 29.8 Å². The van der Waals surface area contributed by atoms with Crippen molar-refractivity contribution in [3.63, 3.8) is 0 Å². The van der Waals surface area contributed by atoms with Gasteiger partial charge in [-0.1, -0.05) is 25.1 Å². The number of aryl methyl sites for hydroxylation is 1. The summed E-state index contributed by atoms with van der Waals surface area (Å²) in [6, 6.07) is 8.00. The van der Waals surface area contributed by atoms with Crippen molar-refractivity contribution in [3.05, 3.63) is 47.8 Å². The first kappa shape index (κ1) is 13.6. The lowest BCUT2D eigenvalue weighted by molar-refractivity contribution is 0.174. The number of anilines is 1. The molecular weight excluding hydrogens is 238 g/mol. The summed E-state index contributed by atoms with van der Waals surface area (Å²) < 4.78 is 1.80. The second-order valence-electron chi connectivity index (χ2n) is 4.86. The van der Waals surface area contributed by atoms with Gasteiger partial charge in [0.1, 0.15) is 0 Å². The smallest absolute Gasteiger partial charge is 0.0807 e. The first-order chi connectivity index (χ1) is 9.11. The second-order valence-corrected chi connectivity index (χ2v) is 4.86. The van der Waals surface area contributed by atoms with Crippen LogP contribution in [0.1, 0.15) is 30.6 Å². The molecule has 0 saturated carbocycles. The molecule has 0 aliphatic rings. The number of nitrogens with zero attached hydrogens (tertiary/aromatic N) is 3. The number of hydrogen-bond donors (Lipinski definition) is 1. The SMILES string of the molecule is CC[C@@H](O)c1ccccc1N(C)Cc1cnn(C)c1. The molecule has 1 atom stereocenters. The molecule has 4 nitrogen and oxygen atoms in total. The van der Waals surface area contributed by atoms with Gasteiger partial charge in [0.15, 0.2) is 0 Å². The van der Waals surface area contributed by atoms with Crippen LogP contribution in [0, 0.1) is 0 Å². The van der Waals surface area contributed by atoms with Gasteiger partial charge in [0.2, 0.25) is 0 Å². The Morgan fingerprint density at radius 3 is 2.74 bits per heavy atom. The maximum absolute atomic E-state index is 10.1. The molecule has 0 aliphatic heterocycles. The van der Waals surface area contributed by atoms with E-state index in [-0.39, 0.29) is 0 Å². The number of rotatable bonds is 5. The summed E-state index contributed by atoms with van der Waals surface area (Å²) >= 11 is 0. The van der Waals surface area contributed by atoms with Gasteiger partial charge in [0.05, 0.1) is 12.3 Å². The van der Waals surface area contributed by atoms with Crippen molar-refractivity contribution < 1.29 is 5.11 Å². The first-order valence-electron chi connectivity index (χ1n) is 6.57. The lowest BCUT2D eigenvalue weighted by Crippen LogP contribution is -2.18. The van der Waals surface area contributed by atoms with Gasteiger partial charge in [-0.25, -0.2) is 0 Å². The van der Waals surface area contributed by atoms with Crippen LogP contribution in [0.5, 0.6) is 0 Å². The van der Waals surface area contributed by atoms with Crippen molar-refractivity contribution in [1.82, 2.24) is 9.78 Å². The van der Waals surface area contributed by atoms with Crippen LogP contribution in [0.4, 0.5) is 5.69 Å². The van der Waals surface area contributed by atoms with Crippen LogP contribution in [0.3, 0.4) is 0 Å². The molecule has 19 heavy (non-hydrogen) atoms. The van der Waals surface area contributed by atoms with Crippen LogP contribution in [0.25, 0.3) is 0 Å². The monoisotopic (exact) mass is 259 g/mol. The standard InChI is InChI=1S/C15H21N3O/c1-4-15(19)13-7-5-6-8-14(13)17(2)10-12-9-16-18(3)11-12/h5-9,11,15,19H,4,10H2,1-3H3/t15-/m1/s1. The number of aliphatic hydroxyl groups excluding tert-OH is 1. The van der Waals surface area contributed by atoms with E-state index >= 15 is 0 Å². The second kappa shape index (κ2) is 5.89. The summed E-state index contributed by atoms with van der Waals surface area (Å²) in [4.78, 5) is 2.14. The maximum Gasteiger partial charge on any atom is 0.0807 e. The number of aromatic nitrogens is 2. The van der Waals surface area contributed by atoms with Gasteiger partial charge >= 0.3 is 0 Å². The van der Waals surface area contributed by atoms with Gasteiger partial charge in [-0.15, -0.1) is 0 Å². The van der Waals surface area contributed by atoms with Gasteiger partial charge in [-0.05, 0) is 12.5 Å². The predicted octanol–water partition coefficient (Wildman–Crippen LogP) is 2.50. The third-order valence-corrected chi connectivity index (χ3v) is 3.27. The Morgan fingerprint density at radius 1 is 1.37 bits per heavy atom. The minimum atomic E-state index is -0.410. The quantitative estimate of drug-likeness (QED) is 0.897. The highest BCUT2D eigenvalue weighted by Crippen LogP contribution is 2.28. The van der Waals surface area contributed by atoms with E-state index in [2.05, 4.69) is 10.00 Å². The van der Waals surface area contributed by atoms with Gasteiger partial charge in [0.25, 0.3) is 0 Å². The third kappa shape index (κ3) is 3.15. The number of hydrogen-bond acceptors (Lipinski definition) is 3. The Hall–Kier alpha value is -1.81. The number of benzene rings is 1. The average molecular weight is 259 g/mol. The molecule has 0 aliphatic carbocycles. The summed E-state index contributed by atoms with van der Waals surface area (Å²) in [6.45, 7) is 2.77. The summed E-state index contributed by atoms with van der Waals surface area (Å²) in [5, 5.41) is 14.3. The summed E-state index contributed by atoms with van der Waals surface area (Å²) in [5.41, 5.74) is 3.21.